The molecule has 3 aromatic carbocycles. The minimum Gasteiger partial charge on any atom is -0.332 e. The highest BCUT2D eigenvalue weighted by atomic mass is 16.2. The molecule has 35 heavy (non-hydrogen) atoms. The van der Waals surface area contributed by atoms with E-state index >= 15 is 0 Å². The molecular weight excluding hydrogens is 434 g/mol. The first-order valence-corrected chi connectivity index (χ1v) is 12.3. The molecule has 1 aromatic heterocycles. The van der Waals surface area contributed by atoms with Gasteiger partial charge in [-0.25, -0.2) is 4.98 Å². The van der Waals surface area contributed by atoms with Crippen LogP contribution in [0.15, 0.2) is 77.6 Å². The Morgan fingerprint density at radius 1 is 0.971 bits per heavy atom. The van der Waals surface area contributed by atoms with Gasteiger partial charge < -0.3 is 4.90 Å². The van der Waals surface area contributed by atoms with Crippen molar-refractivity contribution >= 4 is 16.8 Å². The lowest BCUT2D eigenvalue weighted by Gasteiger charge is -2.31. The molecule has 0 N–H and O–H groups in total. The Balaban J connectivity index is 1.85. The number of nitrogens with zero attached hydrogens (tertiary/aromatic N) is 3. The van der Waals surface area contributed by atoms with E-state index in [1.807, 2.05) is 86.3 Å². The number of aryl methyl sites for hydroxylation is 2. The van der Waals surface area contributed by atoms with Crippen molar-refractivity contribution < 1.29 is 4.79 Å². The summed E-state index contributed by atoms with van der Waals surface area (Å²) in [6.07, 6.45) is 1.96. The van der Waals surface area contributed by atoms with Gasteiger partial charge in [0.2, 0.25) is 5.91 Å². The van der Waals surface area contributed by atoms with E-state index in [0.29, 0.717) is 29.7 Å². The summed E-state index contributed by atoms with van der Waals surface area (Å²) in [6, 6.07) is 23.2. The molecular formula is C30H33N3O2. The molecule has 4 rings (SSSR count). The maximum absolute atomic E-state index is 13.8. The van der Waals surface area contributed by atoms with Gasteiger partial charge in [0.25, 0.3) is 5.56 Å². The molecule has 0 bridgehead atoms. The lowest BCUT2D eigenvalue weighted by atomic mass is 10.1. The topological polar surface area (TPSA) is 55.2 Å². The molecule has 0 aliphatic carbocycles. The standard InChI is InChI=1S/C30H33N3O2/c1-5-11-28(34)32(19-18-24-12-7-6-8-13-24)23(4)29-31-27-15-10-9-14-26(27)30(35)33(29)25-17-16-21(2)22(3)20-25/h6-10,12-17,20,23H,5,11,18-19H2,1-4H3. The van der Waals surface area contributed by atoms with Crippen molar-refractivity contribution in [3.8, 4) is 5.69 Å². The molecule has 1 amide bonds. The Bertz CT molecular complexity index is 1390. The van der Waals surface area contributed by atoms with Crippen LogP contribution in [0.4, 0.5) is 0 Å². The summed E-state index contributed by atoms with van der Waals surface area (Å²) in [5, 5.41) is 0.567. The number of benzene rings is 3. The van der Waals surface area contributed by atoms with E-state index in [0.717, 1.165) is 29.7 Å². The van der Waals surface area contributed by atoms with E-state index < -0.39 is 0 Å². The molecule has 0 radical (unpaired) electrons. The smallest absolute Gasteiger partial charge is 0.266 e. The summed E-state index contributed by atoms with van der Waals surface area (Å²) >= 11 is 0. The van der Waals surface area contributed by atoms with Gasteiger partial charge in [-0.2, -0.15) is 0 Å². The van der Waals surface area contributed by atoms with Crippen LogP contribution in [0.3, 0.4) is 0 Å². The Labute approximate surface area is 207 Å². The number of aromatic nitrogens is 2. The first-order chi connectivity index (χ1) is 16.9. The number of hydrogen-bond donors (Lipinski definition) is 0. The van der Waals surface area contributed by atoms with Gasteiger partial charge in [0.15, 0.2) is 0 Å². The predicted molar refractivity (Wildman–Crippen MR) is 142 cm³/mol. The van der Waals surface area contributed by atoms with E-state index in [2.05, 4.69) is 19.1 Å². The molecule has 5 nitrogen and oxygen atoms in total. The van der Waals surface area contributed by atoms with Gasteiger partial charge in [0, 0.05) is 13.0 Å². The second kappa shape index (κ2) is 10.7. The lowest BCUT2D eigenvalue weighted by molar-refractivity contribution is -0.133. The fraction of sp³-hybridized carbons (Fsp3) is 0.300. The summed E-state index contributed by atoms with van der Waals surface area (Å²) in [6.45, 7) is 8.64. The Kier molecular flexibility index (Phi) is 7.45. The number of para-hydroxylation sites is 1. The summed E-state index contributed by atoms with van der Waals surface area (Å²) < 4.78 is 1.69. The van der Waals surface area contributed by atoms with Crippen LogP contribution in [-0.4, -0.2) is 26.9 Å². The molecule has 0 saturated carbocycles. The van der Waals surface area contributed by atoms with Gasteiger partial charge in [-0.05, 0) is 74.6 Å². The van der Waals surface area contributed by atoms with Crippen LogP contribution < -0.4 is 5.56 Å². The van der Waals surface area contributed by atoms with Crippen molar-refractivity contribution in [2.45, 2.75) is 53.0 Å². The van der Waals surface area contributed by atoms with E-state index in [9.17, 15) is 9.59 Å². The van der Waals surface area contributed by atoms with Crippen LogP contribution in [-0.2, 0) is 11.2 Å². The van der Waals surface area contributed by atoms with Gasteiger partial charge in [-0.15, -0.1) is 0 Å². The average molecular weight is 468 g/mol. The fourth-order valence-corrected chi connectivity index (χ4v) is 4.47. The Hall–Kier alpha value is -3.73. The molecule has 1 heterocycles. The van der Waals surface area contributed by atoms with Crippen LogP contribution in [0.5, 0.6) is 0 Å². The lowest BCUT2D eigenvalue weighted by Crippen LogP contribution is -2.38. The highest BCUT2D eigenvalue weighted by molar-refractivity contribution is 5.79. The molecule has 5 heteroatoms. The normalized spacial score (nSPS) is 12.0. The highest BCUT2D eigenvalue weighted by Crippen LogP contribution is 2.25. The number of rotatable bonds is 8. The molecule has 1 atom stereocenters. The maximum Gasteiger partial charge on any atom is 0.266 e. The number of carbonyl (C=O) groups is 1. The van der Waals surface area contributed by atoms with E-state index in [1.165, 1.54) is 5.56 Å². The second-order valence-corrected chi connectivity index (χ2v) is 9.14. The molecule has 0 saturated heterocycles. The third-order valence-corrected chi connectivity index (χ3v) is 6.66. The zero-order valence-electron chi connectivity index (χ0n) is 21.0. The van der Waals surface area contributed by atoms with Crippen molar-refractivity contribution in [3.05, 3.63) is 106 Å². The van der Waals surface area contributed by atoms with E-state index in [1.54, 1.807) is 4.57 Å². The van der Waals surface area contributed by atoms with Crippen molar-refractivity contribution in [1.82, 2.24) is 14.5 Å². The van der Waals surface area contributed by atoms with Crippen LogP contribution in [0, 0.1) is 13.8 Å². The van der Waals surface area contributed by atoms with Gasteiger partial charge >= 0.3 is 0 Å². The van der Waals surface area contributed by atoms with Crippen LogP contribution in [0.25, 0.3) is 16.6 Å². The summed E-state index contributed by atoms with van der Waals surface area (Å²) in [5.41, 5.74) is 4.73. The Morgan fingerprint density at radius 3 is 2.40 bits per heavy atom. The minimum absolute atomic E-state index is 0.0741. The van der Waals surface area contributed by atoms with E-state index in [4.69, 9.17) is 4.98 Å². The van der Waals surface area contributed by atoms with Crippen molar-refractivity contribution in [2.24, 2.45) is 0 Å². The molecule has 0 fully saturated rings. The quantitative estimate of drug-likeness (QED) is 0.322. The first kappa shape index (κ1) is 24.4. The van der Waals surface area contributed by atoms with Crippen molar-refractivity contribution in [3.63, 3.8) is 0 Å². The SMILES string of the molecule is CCCC(=O)N(CCc1ccccc1)C(C)c1nc2ccccc2c(=O)n1-c1ccc(C)c(C)c1. The van der Waals surface area contributed by atoms with Crippen LogP contribution in [0.2, 0.25) is 0 Å². The number of hydrogen-bond acceptors (Lipinski definition) is 3. The van der Waals surface area contributed by atoms with Gasteiger partial charge in [-0.3, -0.25) is 14.2 Å². The van der Waals surface area contributed by atoms with E-state index in [-0.39, 0.29) is 17.5 Å². The first-order valence-electron chi connectivity index (χ1n) is 12.3. The zero-order chi connectivity index (χ0) is 24.9. The number of fused-ring (bicyclic) bond motifs is 1. The summed E-state index contributed by atoms with van der Waals surface area (Å²) in [5.74, 6) is 0.652. The molecule has 0 aliphatic heterocycles. The largest absolute Gasteiger partial charge is 0.332 e. The molecule has 0 aliphatic rings. The maximum atomic E-state index is 13.8. The van der Waals surface area contributed by atoms with Gasteiger partial charge in [0.05, 0.1) is 22.6 Å². The van der Waals surface area contributed by atoms with Crippen LogP contribution in [0.1, 0.15) is 55.2 Å². The van der Waals surface area contributed by atoms with Gasteiger partial charge in [0.1, 0.15) is 5.82 Å². The zero-order valence-corrected chi connectivity index (χ0v) is 21.0. The second-order valence-electron chi connectivity index (χ2n) is 9.14. The monoisotopic (exact) mass is 467 g/mol. The summed E-state index contributed by atoms with van der Waals surface area (Å²) in [7, 11) is 0. The molecule has 1 unspecified atom stereocenters. The van der Waals surface area contributed by atoms with Gasteiger partial charge in [-0.1, -0.05) is 55.5 Å². The fourth-order valence-electron chi connectivity index (χ4n) is 4.47. The third-order valence-electron chi connectivity index (χ3n) is 6.66. The highest BCUT2D eigenvalue weighted by Gasteiger charge is 2.26. The predicted octanol–water partition coefficient (Wildman–Crippen LogP) is 5.93. The molecule has 4 aromatic rings. The average Bonchev–Trinajstić information content (AvgIpc) is 2.86. The van der Waals surface area contributed by atoms with Crippen LogP contribution >= 0.6 is 0 Å². The molecule has 180 valence electrons. The Morgan fingerprint density at radius 2 is 1.69 bits per heavy atom. The molecule has 0 spiro atoms. The third kappa shape index (κ3) is 5.19. The number of amides is 1. The summed E-state index contributed by atoms with van der Waals surface area (Å²) in [4.78, 5) is 33.9. The van der Waals surface area contributed by atoms with Crippen molar-refractivity contribution in [1.29, 1.82) is 0 Å². The minimum atomic E-state index is -0.378. The number of carbonyl (C=O) groups excluding carboxylic acids is 1. The van der Waals surface area contributed by atoms with Crippen molar-refractivity contribution in [2.75, 3.05) is 6.54 Å².